The lowest BCUT2D eigenvalue weighted by molar-refractivity contribution is 0.232. The molecule has 0 aliphatic rings. The molecule has 0 fully saturated rings. The molecule has 0 amide bonds. The van der Waals surface area contributed by atoms with E-state index in [1.165, 1.54) is 16.0 Å². The van der Waals surface area contributed by atoms with Gasteiger partial charge in [0.15, 0.2) is 0 Å². The number of aliphatic hydroxyl groups is 1. The van der Waals surface area contributed by atoms with Gasteiger partial charge in [-0.05, 0) is 37.7 Å². The fourth-order valence-corrected chi connectivity index (χ4v) is 3.04. The summed E-state index contributed by atoms with van der Waals surface area (Å²) in [6.45, 7) is 8.71. The summed E-state index contributed by atoms with van der Waals surface area (Å²) in [5.74, 6) is 1.04. The summed E-state index contributed by atoms with van der Waals surface area (Å²) < 4.78 is 0. The zero-order chi connectivity index (χ0) is 13.5. The molecule has 1 unspecified atom stereocenters. The van der Waals surface area contributed by atoms with Crippen LogP contribution < -0.4 is 5.32 Å². The third-order valence-corrected chi connectivity index (χ3v) is 4.05. The van der Waals surface area contributed by atoms with Crippen molar-refractivity contribution in [2.75, 3.05) is 12.4 Å². The van der Waals surface area contributed by atoms with Gasteiger partial charge in [0.05, 0.1) is 6.61 Å². The van der Waals surface area contributed by atoms with E-state index < -0.39 is 0 Å². The molecular weight excluding hydrogens is 242 g/mol. The molecule has 0 aliphatic carbocycles. The van der Waals surface area contributed by atoms with Gasteiger partial charge in [0, 0.05) is 17.0 Å². The Morgan fingerprint density at radius 2 is 2.00 bits per heavy atom. The molecule has 0 radical (unpaired) electrons. The number of benzene rings is 1. The minimum Gasteiger partial charge on any atom is -0.395 e. The summed E-state index contributed by atoms with van der Waals surface area (Å²) in [6, 6.07) is 7.21. The van der Waals surface area contributed by atoms with Crippen molar-refractivity contribution in [3.05, 3.63) is 29.3 Å². The van der Waals surface area contributed by atoms with Crippen LogP contribution in [0, 0.1) is 13.8 Å². The van der Waals surface area contributed by atoms with Crippen LogP contribution in [0.15, 0.2) is 23.1 Å². The Hall–Kier alpha value is -0.510. The highest BCUT2D eigenvalue weighted by atomic mass is 32.2. The van der Waals surface area contributed by atoms with Crippen molar-refractivity contribution >= 4 is 11.8 Å². The first-order valence-corrected chi connectivity index (χ1v) is 7.58. The first kappa shape index (κ1) is 15.5. The van der Waals surface area contributed by atoms with Gasteiger partial charge in [0.1, 0.15) is 0 Å². The van der Waals surface area contributed by atoms with Crippen LogP contribution in [0.25, 0.3) is 0 Å². The van der Waals surface area contributed by atoms with E-state index in [0.717, 1.165) is 12.2 Å². The van der Waals surface area contributed by atoms with Gasteiger partial charge < -0.3 is 10.4 Å². The van der Waals surface area contributed by atoms with E-state index in [1.54, 1.807) is 0 Å². The topological polar surface area (TPSA) is 32.3 Å². The summed E-state index contributed by atoms with van der Waals surface area (Å²) in [5.41, 5.74) is 2.66. The number of hydrogen-bond acceptors (Lipinski definition) is 3. The van der Waals surface area contributed by atoms with Crippen LogP contribution in [0.3, 0.4) is 0 Å². The van der Waals surface area contributed by atoms with Crippen molar-refractivity contribution in [1.29, 1.82) is 0 Å². The fourth-order valence-electron chi connectivity index (χ4n) is 1.97. The van der Waals surface area contributed by atoms with E-state index >= 15 is 0 Å². The largest absolute Gasteiger partial charge is 0.395 e. The van der Waals surface area contributed by atoms with Crippen LogP contribution >= 0.6 is 11.8 Å². The maximum atomic E-state index is 9.29. The van der Waals surface area contributed by atoms with Crippen LogP contribution in [0.1, 0.15) is 31.4 Å². The smallest absolute Gasteiger partial charge is 0.0585 e. The molecule has 1 aromatic carbocycles. The molecule has 2 nitrogen and oxygen atoms in total. The molecule has 18 heavy (non-hydrogen) atoms. The number of rotatable bonds is 7. The summed E-state index contributed by atoms with van der Waals surface area (Å²) >= 11 is 1.88. The predicted molar refractivity (Wildman–Crippen MR) is 80.4 cm³/mol. The SMILES string of the molecule is Cc1ccc(SCCC(CO)NC(C)C)c(C)c1. The second kappa shape index (κ2) is 7.82. The van der Waals surface area contributed by atoms with Gasteiger partial charge in [0.25, 0.3) is 0 Å². The van der Waals surface area contributed by atoms with Crippen LogP contribution in [0.5, 0.6) is 0 Å². The molecule has 0 aromatic heterocycles. The van der Waals surface area contributed by atoms with Gasteiger partial charge in [-0.3, -0.25) is 0 Å². The molecule has 1 aromatic rings. The van der Waals surface area contributed by atoms with Crippen LogP contribution in [0.4, 0.5) is 0 Å². The molecular formula is C15H25NOS. The van der Waals surface area contributed by atoms with Crippen molar-refractivity contribution < 1.29 is 5.11 Å². The molecule has 1 rings (SSSR count). The van der Waals surface area contributed by atoms with E-state index in [1.807, 2.05) is 11.8 Å². The molecule has 3 heteroatoms. The van der Waals surface area contributed by atoms with Gasteiger partial charge in [-0.15, -0.1) is 11.8 Å². The second-order valence-electron chi connectivity index (χ2n) is 5.11. The average molecular weight is 267 g/mol. The minimum absolute atomic E-state index is 0.211. The average Bonchev–Trinajstić information content (AvgIpc) is 2.30. The Kier molecular flexibility index (Phi) is 6.76. The van der Waals surface area contributed by atoms with E-state index in [4.69, 9.17) is 0 Å². The zero-order valence-electron chi connectivity index (χ0n) is 11.9. The van der Waals surface area contributed by atoms with E-state index in [2.05, 4.69) is 51.2 Å². The molecule has 1 atom stereocenters. The molecule has 0 aliphatic heterocycles. The van der Waals surface area contributed by atoms with Crippen LogP contribution in [0.2, 0.25) is 0 Å². The quantitative estimate of drug-likeness (QED) is 0.744. The van der Waals surface area contributed by atoms with Crippen molar-refractivity contribution in [2.45, 2.75) is 51.1 Å². The van der Waals surface area contributed by atoms with Crippen LogP contribution in [-0.2, 0) is 0 Å². The number of thioether (sulfide) groups is 1. The van der Waals surface area contributed by atoms with Gasteiger partial charge in [-0.2, -0.15) is 0 Å². The highest BCUT2D eigenvalue weighted by Crippen LogP contribution is 2.24. The summed E-state index contributed by atoms with van der Waals surface area (Å²) in [5, 5.41) is 12.7. The van der Waals surface area contributed by atoms with E-state index in [9.17, 15) is 5.11 Å². The first-order chi connectivity index (χ1) is 8.52. The monoisotopic (exact) mass is 267 g/mol. The minimum atomic E-state index is 0.211. The van der Waals surface area contributed by atoms with Gasteiger partial charge in [-0.1, -0.05) is 31.5 Å². The maximum absolute atomic E-state index is 9.29. The Morgan fingerprint density at radius 1 is 1.28 bits per heavy atom. The molecule has 0 heterocycles. The number of aliphatic hydroxyl groups excluding tert-OH is 1. The van der Waals surface area contributed by atoms with Crippen LogP contribution in [-0.4, -0.2) is 29.5 Å². The van der Waals surface area contributed by atoms with Crippen molar-refractivity contribution in [2.24, 2.45) is 0 Å². The number of hydrogen-bond donors (Lipinski definition) is 2. The number of nitrogens with one attached hydrogen (secondary N) is 1. The molecule has 0 saturated heterocycles. The lowest BCUT2D eigenvalue weighted by Gasteiger charge is -2.18. The predicted octanol–water partition coefficient (Wildman–Crippen LogP) is 3.14. The Morgan fingerprint density at radius 3 is 2.56 bits per heavy atom. The van der Waals surface area contributed by atoms with Crippen molar-refractivity contribution in [1.82, 2.24) is 5.32 Å². The lowest BCUT2D eigenvalue weighted by atomic mass is 10.2. The Labute approximate surface area is 115 Å². The highest BCUT2D eigenvalue weighted by Gasteiger charge is 2.08. The van der Waals surface area contributed by atoms with Gasteiger partial charge >= 0.3 is 0 Å². The molecule has 102 valence electrons. The molecule has 0 saturated carbocycles. The third-order valence-electron chi connectivity index (χ3n) is 2.84. The summed E-state index contributed by atoms with van der Waals surface area (Å²) in [4.78, 5) is 1.35. The third kappa shape index (κ3) is 5.42. The first-order valence-electron chi connectivity index (χ1n) is 6.60. The number of aryl methyl sites for hydroxylation is 2. The summed E-state index contributed by atoms with van der Waals surface area (Å²) in [6.07, 6.45) is 0.993. The second-order valence-corrected chi connectivity index (χ2v) is 6.24. The standard InChI is InChI=1S/C15H25NOS/c1-11(2)16-14(10-17)7-8-18-15-6-5-12(3)9-13(15)4/h5-6,9,11,14,16-17H,7-8,10H2,1-4H3. The maximum Gasteiger partial charge on any atom is 0.0585 e. The fraction of sp³-hybridized carbons (Fsp3) is 0.600. The summed E-state index contributed by atoms with van der Waals surface area (Å²) in [7, 11) is 0. The highest BCUT2D eigenvalue weighted by molar-refractivity contribution is 7.99. The molecule has 0 spiro atoms. The van der Waals surface area contributed by atoms with Crippen molar-refractivity contribution in [3.8, 4) is 0 Å². The molecule has 2 N–H and O–H groups in total. The lowest BCUT2D eigenvalue weighted by Crippen LogP contribution is -2.37. The van der Waals surface area contributed by atoms with Gasteiger partial charge in [0.2, 0.25) is 0 Å². The van der Waals surface area contributed by atoms with Gasteiger partial charge in [-0.25, -0.2) is 0 Å². The molecule has 0 bridgehead atoms. The Balaban J connectivity index is 2.40. The van der Waals surface area contributed by atoms with E-state index in [0.29, 0.717) is 6.04 Å². The normalized spacial score (nSPS) is 13.0. The Bertz CT molecular complexity index is 366. The zero-order valence-corrected chi connectivity index (χ0v) is 12.7. The van der Waals surface area contributed by atoms with Crippen molar-refractivity contribution in [3.63, 3.8) is 0 Å². The van der Waals surface area contributed by atoms with E-state index in [-0.39, 0.29) is 12.6 Å².